The summed E-state index contributed by atoms with van der Waals surface area (Å²) in [4.78, 5) is 19.1. The molecule has 0 N–H and O–H groups in total. The van der Waals surface area contributed by atoms with Crippen LogP contribution in [-0.2, 0) is 24.1 Å². The summed E-state index contributed by atoms with van der Waals surface area (Å²) in [5.41, 5.74) is 3.78. The number of nitrogens with zero attached hydrogens (tertiary/aromatic N) is 2. The Labute approximate surface area is 153 Å². The number of hydrogen-bond acceptors (Lipinski definition) is 4. The number of hydrogen-bond donors (Lipinski definition) is 0. The van der Waals surface area contributed by atoms with Crippen LogP contribution in [0.15, 0.2) is 30.3 Å². The number of ether oxygens (including phenoxy) is 1. The third-order valence-electron chi connectivity index (χ3n) is 5.04. The summed E-state index contributed by atoms with van der Waals surface area (Å²) >= 11 is 1.68. The van der Waals surface area contributed by atoms with Crippen LogP contribution >= 0.6 is 11.3 Å². The van der Waals surface area contributed by atoms with Gasteiger partial charge in [0.05, 0.1) is 18.1 Å². The first kappa shape index (κ1) is 16.6. The lowest BCUT2D eigenvalue weighted by molar-refractivity contribution is 0.0790. The molecule has 1 aromatic heterocycles. The average Bonchev–Trinajstić information content (AvgIpc) is 3.24. The molecule has 0 bridgehead atoms. The first-order chi connectivity index (χ1) is 12.2. The largest absolute Gasteiger partial charge is 0.378 e. The van der Waals surface area contributed by atoms with Gasteiger partial charge >= 0.3 is 0 Å². The molecule has 1 aliphatic carbocycles. The number of rotatable bonds is 4. The topological polar surface area (TPSA) is 32.8 Å². The fourth-order valence-corrected chi connectivity index (χ4v) is 4.85. The molecule has 0 radical (unpaired) electrons. The van der Waals surface area contributed by atoms with Crippen molar-refractivity contribution in [3.05, 3.63) is 51.2 Å². The minimum Gasteiger partial charge on any atom is -0.378 e. The number of fused-ring (bicyclic) bond motifs is 1. The van der Waals surface area contributed by atoms with Gasteiger partial charge in [-0.2, -0.15) is 0 Å². The normalized spacial score (nSPS) is 16.8. The maximum absolute atomic E-state index is 12.7. The molecule has 2 aliphatic rings. The van der Waals surface area contributed by atoms with Gasteiger partial charge in [0, 0.05) is 37.2 Å². The van der Waals surface area contributed by atoms with Crippen LogP contribution in [0.5, 0.6) is 0 Å². The fraction of sp³-hybridized carbons (Fsp3) is 0.450. The summed E-state index contributed by atoms with van der Waals surface area (Å²) < 4.78 is 5.40. The lowest BCUT2D eigenvalue weighted by Gasteiger charge is -2.29. The molecule has 132 valence electrons. The molecule has 1 fully saturated rings. The summed E-state index contributed by atoms with van der Waals surface area (Å²) in [7, 11) is 1.89. The van der Waals surface area contributed by atoms with Crippen molar-refractivity contribution in [3.8, 4) is 0 Å². The van der Waals surface area contributed by atoms with E-state index < -0.39 is 0 Å². The Balaban J connectivity index is 1.39. The molecular weight excluding hydrogens is 332 g/mol. The SMILES string of the molecule is CN(Cc1ccc(N2CCOCC2)cc1)C(=O)c1cc2c(s1)CCC2. The number of anilines is 1. The van der Waals surface area contributed by atoms with Gasteiger partial charge in [0.1, 0.15) is 0 Å². The number of carbonyl (C=O) groups is 1. The quantitative estimate of drug-likeness (QED) is 0.842. The van der Waals surface area contributed by atoms with E-state index in [9.17, 15) is 4.79 Å². The van der Waals surface area contributed by atoms with Crippen molar-refractivity contribution in [2.45, 2.75) is 25.8 Å². The number of aryl methyl sites for hydroxylation is 2. The van der Waals surface area contributed by atoms with Crippen LogP contribution in [0, 0.1) is 0 Å². The minimum absolute atomic E-state index is 0.136. The molecule has 4 nitrogen and oxygen atoms in total. The van der Waals surface area contributed by atoms with Gasteiger partial charge in [-0.1, -0.05) is 12.1 Å². The standard InChI is InChI=1S/C20H24N2O2S/c1-21(20(23)19-13-16-3-2-4-18(16)25-19)14-15-5-7-17(8-6-15)22-9-11-24-12-10-22/h5-8,13H,2-4,9-12,14H2,1H3. The van der Waals surface area contributed by atoms with E-state index in [-0.39, 0.29) is 5.91 Å². The number of carbonyl (C=O) groups excluding carboxylic acids is 1. The average molecular weight is 356 g/mol. The zero-order valence-electron chi connectivity index (χ0n) is 14.7. The Morgan fingerprint density at radius 3 is 2.68 bits per heavy atom. The maximum Gasteiger partial charge on any atom is 0.263 e. The van der Waals surface area contributed by atoms with Crippen LogP contribution < -0.4 is 4.90 Å². The molecule has 0 unspecified atom stereocenters. The van der Waals surface area contributed by atoms with E-state index in [0.717, 1.165) is 49.6 Å². The predicted octanol–water partition coefficient (Wildman–Crippen LogP) is 3.35. The van der Waals surface area contributed by atoms with Gasteiger partial charge in [-0.3, -0.25) is 4.79 Å². The highest BCUT2D eigenvalue weighted by molar-refractivity contribution is 7.14. The van der Waals surface area contributed by atoms with Crippen LogP contribution in [0.4, 0.5) is 5.69 Å². The summed E-state index contributed by atoms with van der Waals surface area (Å²) in [6, 6.07) is 10.7. The zero-order chi connectivity index (χ0) is 17.2. The van der Waals surface area contributed by atoms with Gasteiger partial charge in [0.2, 0.25) is 0 Å². The van der Waals surface area contributed by atoms with Gasteiger partial charge in [0.15, 0.2) is 0 Å². The van der Waals surface area contributed by atoms with Crippen LogP contribution in [-0.4, -0.2) is 44.2 Å². The van der Waals surface area contributed by atoms with Crippen molar-refractivity contribution in [1.82, 2.24) is 4.90 Å². The van der Waals surface area contributed by atoms with E-state index in [4.69, 9.17) is 4.74 Å². The van der Waals surface area contributed by atoms with Crippen molar-refractivity contribution in [3.63, 3.8) is 0 Å². The highest BCUT2D eigenvalue weighted by Gasteiger charge is 2.20. The van der Waals surface area contributed by atoms with E-state index in [2.05, 4.69) is 35.2 Å². The first-order valence-corrected chi connectivity index (χ1v) is 9.81. The Morgan fingerprint density at radius 2 is 1.96 bits per heavy atom. The van der Waals surface area contributed by atoms with E-state index in [1.807, 2.05) is 11.9 Å². The molecule has 1 aliphatic heterocycles. The van der Waals surface area contributed by atoms with Crippen LogP contribution in [0.1, 0.15) is 32.1 Å². The van der Waals surface area contributed by atoms with Crippen molar-refractivity contribution in [2.24, 2.45) is 0 Å². The number of benzene rings is 1. The Hall–Kier alpha value is -1.85. The number of thiophene rings is 1. The summed E-state index contributed by atoms with van der Waals surface area (Å²) in [5.74, 6) is 0.136. The summed E-state index contributed by atoms with van der Waals surface area (Å²) in [6.45, 7) is 4.12. The fourth-order valence-electron chi connectivity index (χ4n) is 3.60. The van der Waals surface area contributed by atoms with E-state index in [1.54, 1.807) is 11.3 Å². The van der Waals surface area contributed by atoms with Gasteiger partial charge in [-0.25, -0.2) is 0 Å². The molecule has 0 atom stereocenters. The third-order valence-corrected chi connectivity index (χ3v) is 6.26. The first-order valence-electron chi connectivity index (χ1n) is 8.99. The van der Waals surface area contributed by atoms with Crippen molar-refractivity contribution in [2.75, 3.05) is 38.3 Å². The monoisotopic (exact) mass is 356 g/mol. The Morgan fingerprint density at radius 1 is 1.20 bits per heavy atom. The minimum atomic E-state index is 0.136. The molecule has 1 saturated heterocycles. The second-order valence-corrected chi connectivity index (χ2v) is 7.98. The second kappa shape index (κ2) is 7.18. The second-order valence-electron chi connectivity index (χ2n) is 6.84. The maximum atomic E-state index is 12.7. The van der Waals surface area contributed by atoms with E-state index in [0.29, 0.717) is 6.54 Å². The smallest absolute Gasteiger partial charge is 0.263 e. The summed E-state index contributed by atoms with van der Waals surface area (Å²) in [6.07, 6.45) is 3.51. The molecule has 2 heterocycles. The predicted molar refractivity (Wildman–Crippen MR) is 102 cm³/mol. The molecular formula is C20H24N2O2S. The molecule has 0 saturated carbocycles. The van der Waals surface area contributed by atoms with Gasteiger partial charge in [-0.15, -0.1) is 11.3 Å². The number of morpholine rings is 1. The van der Waals surface area contributed by atoms with Gasteiger partial charge in [0.25, 0.3) is 5.91 Å². The zero-order valence-corrected chi connectivity index (χ0v) is 15.5. The third kappa shape index (κ3) is 3.58. The van der Waals surface area contributed by atoms with Gasteiger partial charge < -0.3 is 14.5 Å². The van der Waals surface area contributed by atoms with Crippen molar-refractivity contribution < 1.29 is 9.53 Å². The molecule has 2 aromatic rings. The van der Waals surface area contributed by atoms with Crippen LogP contribution in [0.25, 0.3) is 0 Å². The van der Waals surface area contributed by atoms with E-state index >= 15 is 0 Å². The highest BCUT2D eigenvalue weighted by atomic mass is 32.1. The Kier molecular flexibility index (Phi) is 4.77. The van der Waals surface area contributed by atoms with Gasteiger partial charge in [-0.05, 0) is 48.6 Å². The van der Waals surface area contributed by atoms with Crippen LogP contribution in [0.3, 0.4) is 0 Å². The molecule has 5 heteroatoms. The highest BCUT2D eigenvalue weighted by Crippen LogP contribution is 2.31. The summed E-state index contributed by atoms with van der Waals surface area (Å²) in [5, 5.41) is 0. The van der Waals surface area contributed by atoms with Crippen molar-refractivity contribution in [1.29, 1.82) is 0 Å². The molecule has 25 heavy (non-hydrogen) atoms. The lowest BCUT2D eigenvalue weighted by Crippen LogP contribution is -2.36. The lowest BCUT2D eigenvalue weighted by atomic mass is 10.1. The molecule has 1 amide bonds. The number of amides is 1. The molecule has 4 rings (SSSR count). The molecule has 0 spiro atoms. The van der Waals surface area contributed by atoms with E-state index in [1.165, 1.54) is 22.5 Å². The molecule has 1 aromatic carbocycles. The van der Waals surface area contributed by atoms with Crippen molar-refractivity contribution >= 4 is 22.9 Å². The van der Waals surface area contributed by atoms with Crippen LogP contribution in [0.2, 0.25) is 0 Å². The Bertz CT molecular complexity index is 726.